The van der Waals surface area contributed by atoms with E-state index in [0.29, 0.717) is 80.6 Å². The number of fused-ring (bicyclic) bond motifs is 1. The number of unbranched alkanes of at least 4 members (excludes halogenated alkanes) is 9. The van der Waals surface area contributed by atoms with Crippen LogP contribution in [0.25, 0.3) is 10.9 Å². The number of carbonyl (C=O) groups is 5. The normalized spacial score (nSPS) is 17.6. The number of nitrogens with one attached hydrogen (secondary N) is 5. The topological polar surface area (TPSA) is 178 Å². The van der Waals surface area contributed by atoms with E-state index in [0.717, 1.165) is 131 Å². The number of hydrogen-bond acceptors (Lipinski definition) is 11. The summed E-state index contributed by atoms with van der Waals surface area (Å²) in [6.07, 6.45) is 14.8. The van der Waals surface area contributed by atoms with E-state index in [9.17, 15) is 32.8 Å². The van der Waals surface area contributed by atoms with Crippen molar-refractivity contribution in [2.24, 2.45) is 0 Å². The summed E-state index contributed by atoms with van der Waals surface area (Å²) in [6, 6.07) is 22.7. The molecule has 4 fully saturated rings. The Hall–Kier alpha value is -7.08. The first-order chi connectivity index (χ1) is 37.9. The Morgan fingerprint density at radius 1 is 0.615 bits per heavy atom. The molecule has 0 spiro atoms. The first-order valence-electron chi connectivity index (χ1n) is 28.5. The number of carbonyl (C=O) groups excluding carboxylic acids is 5. The van der Waals surface area contributed by atoms with E-state index in [1.54, 1.807) is 0 Å². The zero-order valence-electron chi connectivity index (χ0n) is 45.2. The Morgan fingerprint density at radius 3 is 1.85 bits per heavy atom. The smallest absolute Gasteiger partial charge is 0.258 e. The number of aromatic nitrogens is 2. The highest BCUT2D eigenvalue weighted by atomic mass is 19.1. The number of nitrogens with zero attached hydrogens (tertiary/aromatic N) is 6. The van der Waals surface area contributed by atoms with Crippen LogP contribution in [0.3, 0.4) is 0 Å². The zero-order valence-corrected chi connectivity index (χ0v) is 45.2. The number of piperazine rings is 2. The van der Waals surface area contributed by atoms with Crippen LogP contribution < -0.4 is 31.1 Å². The third-order valence-electron chi connectivity index (χ3n) is 16.0. The Labute approximate surface area is 457 Å². The summed E-state index contributed by atoms with van der Waals surface area (Å²) in [5, 5.41) is 20.5. The van der Waals surface area contributed by atoms with Crippen molar-refractivity contribution < 1.29 is 32.8 Å². The highest BCUT2D eigenvalue weighted by Crippen LogP contribution is 2.31. The van der Waals surface area contributed by atoms with Crippen molar-refractivity contribution in [3.8, 4) is 0 Å². The molecule has 0 aliphatic carbocycles. The molecule has 1 aromatic heterocycles. The minimum atomic E-state index is -0.628. The molecule has 0 saturated carbocycles. The molecule has 16 nitrogen and oxygen atoms in total. The van der Waals surface area contributed by atoms with E-state index in [1.165, 1.54) is 37.8 Å². The Morgan fingerprint density at radius 2 is 1.21 bits per heavy atom. The van der Waals surface area contributed by atoms with Crippen molar-refractivity contribution in [3.05, 3.63) is 107 Å². The summed E-state index contributed by atoms with van der Waals surface area (Å²) < 4.78 is 27.9. The number of piperidine rings is 2. The van der Waals surface area contributed by atoms with Crippen molar-refractivity contribution in [1.82, 2.24) is 30.2 Å². The lowest BCUT2D eigenvalue weighted by molar-refractivity contribution is -0.134. The first-order valence-corrected chi connectivity index (χ1v) is 28.5. The minimum absolute atomic E-state index is 0.0811. The maximum Gasteiger partial charge on any atom is 0.258 e. The maximum absolute atomic E-state index is 14.1. The van der Waals surface area contributed by atoms with Gasteiger partial charge in [-0.1, -0.05) is 57.4 Å². The quantitative estimate of drug-likeness (QED) is 0.0311. The van der Waals surface area contributed by atoms with Gasteiger partial charge in [-0.3, -0.25) is 34.4 Å². The molecular formula is C60H77F2N11O5. The average Bonchev–Trinajstić information content (AvgIpc) is 3.86. The Balaban J connectivity index is 0.638. The van der Waals surface area contributed by atoms with Gasteiger partial charge in [-0.15, -0.1) is 0 Å². The van der Waals surface area contributed by atoms with Gasteiger partial charge in [-0.05, 0) is 123 Å². The van der Waals surface area contributed by atoms with Crippen LogP contribution in [0.2, 0.25) is 0 Å². The molecule has 4 aromatic carbocycles. The molecular weight excluding hydrogens is 993 g/mol. The first kappa shape index (κ1) is 55.7. The average molecular weight is 1070 g/mol. The largest absolute Gasteiger partial charge is 0.381 e. The van der Waals surface area contributed by atoms with E-state index in [4.69, 9.17) is 0 Å². The van der Waals surface area contributed by atoms with Gasteiger partial charge in [-0.25, -0.2) is 8.78 Å². The van der Waals surface area contributed by atoms with Crippen LogP contribution in [0.15, 0.2) is 78.9 Å². The fourth-order valence-electron chi connectivity index (χ4n) is 11.3. The molecule has 9 rings (SSSR count). The van der Waals surface area contributed by atoms with Crippen molar-refractivity contribution in [2.75, 3.05) is 98.2 Å². The lowest BCUT2D eigenvalue weighted by atomic mass is 10.0. The summed E-state index contributed by atoms with van der Waals surface area (Å²) in [4.78, 5) is 74.9. The van der Waals surface area contributed by atoms with Crippen LogP contribution in [0.4, 0.5) is 37.3 Å². The van der Waals surface area contributed by atoms with Gasteiger partial charge in [-0.2, -0.15) is 5.10 Å². The second-order valence-corrected chi connectivity index (χ2v) is 21.8. The van der Waals surface area contributed by atoms with Gasteiger partial charge in [0, 0.05) is 125 Å². The second-order valence-electron chi connectivity index (χ2n) is 21.8. The van der Waals surface area contributed by atoms with E-state index < -0.39 is 17.7 Å². The van der Waals surface area contributed by atoms with Gasteiger partial charge < -0.3 is 40.4 Å². The number of hydrogen-bond donors (Lipinski definition) is 5. The molecule has 4 aliphatic rings. The van der Waals surface area contributed by atoms with E-state index in [2.05, 4.69) is 59.3 Å². The highest BCUT2D eigenvalue weighted by Gasteiger charge is 2.28. The van der Waals surface area contributed by atoms with Gasteiger partial charge in [0.15, 0.2) is 5.82 Å². The number of anilines is 5. The summed E-state index contributed by atoms with van der Waals surface area (Å²) in [6.45, 7) is 8.00. The van der Waals surface area contributed by atoms with Crippen molar-refractivity contribution >= 4 is 69.0 Å². The highest BCUT2D eigenvalue weighted by molar-refractivity contribution is 6.11. The van der Waals surface area contributed by atoms with Crippen molar-refractivity contribution in [1.29, 1.82) is 0 Å². The van der Waals surface area contributed by atoms with Crippen LogP contribution in [0, 0.1) is 11.6 Å². The number of rotatable bonds is 23. The van der Waals surface area contributed by atoms with E-state index >= 15 is 0 Å². The lowest BCUT2D eigenvalue weighted by Gasteiger charge is -2.36. The van der Waals surface area contributed by atoms with Crippen molar-refractivity contribution in [2.45, 2.75) is 121 Å². The van der Waals surface area contributed by atoms with Crippen LogP contribution in [-0.2, 0) is 25.6 Å². The fourth-order valence-corrected chi connectivity index (χ4v) is 11.3. The van der Waals surface area contributed by atoms with Gasteiger partial charge in [0.1, 0.15) is 17.7 Å². The Bertz CT molecular complexity index is 2840. The summed E-state index contributed by atoms with van der Waals surface area (Å²) in [5.74, 6) is -1.25. The molecule has 416 valence electrons. The molecule has 18 heteroatoms. The molecule has 0 bridgehead atoms. The molecule has 1 atom stereocenters. The molecule has 5 aromatic rings. The number of likely N-dealkylation sites (tertiary alicyclic amines) is 1. The number of H-pyrrole nitrogens is 1. The van der Waals surface area contributed by atoms with Crippen LogP contribution >= 0.6 is 0 Å². The molecule has 5 N–H and O–H groups in total. The minimum Gasteiger partial charge on any atom is -0.381 e. The molecule has 78 heavy (non-hydrogen) atoms. The number of amides is 5. The number of imide groups is 1. The molecule has 4 saturated heterocycles. The zero-order chi connectivity index (χ0) is 54.4. The van der Waals surface area contributed by atoms with Gasteiger partial charge in [0.25, 0.3) is 5.91 Å². The number of likely N-dealkylation sites (N-methyl/N-ethyl adjacent to an activating group) is 1. The van der Waals surface area contributed by atoms with Gasteiger partial charge >= 0.3 is 0 Å². The summed E-state index contributed by atoms with van der Waals surface area (Å²) in [5.41, 5.74) is 6.26. The predicted octanol–water partition coefficient (Wildman–Crippen LogP) is 9.09. The SMILES string of the molecule is CN1CCN(c2ccc(C(=O)Nc3n[nH]c4ccc(Cc5cc(F)cc(F)c5)cc34)c(NC3CCN(C(=O)CCCCCCCCCCCCC(=O)N4CCN(c5ccc(NC6CCC(=O)NC6=O)cc5)CC4)CC3)c2)CC1. The second kappa shape index (κ2) is 27.0. The third-order valence-corrected chi connectivity index (χ3v) is 16.0. The van der Waals surface area contributed by atoms with Crippen LogP contribution in [0.1, 0.15) is 124 Å². The molecule has 1 unspecified atom stereocenters. The fraction of sp³-hybridized carbons (Fsp3) is 0.500. The molecule has 5 heterocycles. The number of benzene rings is 4. The van der Waals surface area contributed by atoms with E-state index in [-0.39, 0.29) is 35.6 Å². The third kappa shape index (κ3) is 15.3. The molecule has 5 amide bonds. The summed E-state index contributed by atoms with van der Waals surface area (Å²) >= 11 is 0. The van der Waals surface area contributed by atoms with Crippen molar-refractivity contribution in [3.63, 3.8) is 0 Å². The standard InChI is InChI=1S/C60H77F2N11O5/c1-69-28-30-71(31-29-69)49-19-20-50(59(77)66-58-51-39-42(14-21-52(51)67-68-58)36-43-37-44(61)40-45(62)38-43)54(41-49)64-47-24-26-72(27-25-47)56(75)12-10-8-6-4-2-3-5-7-9-11-13-57(76)73-34-32-70(33-35-73)48-17-15-46(16-18-48)63-53-22-23-55(74)65-60(53)78/h14-21,37-41,47,53,63-64H,2-13,22-36H2,1H3,(H,65,74,78)(H2,66,67,68,77). The maximum atomic E-state index is 14.1. The predicted molar refractivity (Wildman–Crippen MR) is 303 cm³/mol. The van der Waals surface area contributed by atoms with Crippen LogP contribution in [-0.4, -0.2) is 139 Å². The van der Waals surface area contributed by atoms with Gasteiger partial charge in [0.05, 0.1) is 11.1 Å². The molecule has 4 aliphatic heterocycles. The van der Waals surface area contributed by atoms with Gasteiger partial charge in [0.2, 0.25) is 23.6 Å². The lowest BCUT2D eigenvalue weighted by Crippen LogP contribution is -2.48. The van der Waals surface area contributed by atoms with E-state index in [1.807, 2.05) is 64.4 Å². The molecule has 0 radical (unpaired) electrons. The summed E-state index contributed by atoms with van der Waals surface area (Å²) in [7, 11) is 2.13. The monoisotopic (exact) mass is 1070 g/mol. The number of aromatic amines is 1. The Kier molecular flexibility index (Phi) is 19.3. The number of halogens is 2. The van der Waals surface area contributed by atoms with Crippen LogP contribution in [0.5, 0.6) is 0 Å².